The van der Waals surface area contributed by atoms with E-state index in [1.165, 1.54) is 12.8 Å². The van der Waals surface area contributed by atoms with Crippen LogP contribution >= 0.6 is 0 Å². The molecule has 0 aromatic rings. The molecule has 0 amide bonds. The largest absolute Gasteiger partial charge is 0.320 e. The van der Waals surface area contributed by atoms with Crippen molar-refractivity contribution in [2.24, 2.45) is 17.8 Å². The van der Waals surface area contributed by atoms with Gasteiger partial charge >= 0.3 is 0 Å². The smallest absolute Gasteiger partial charge is 0.00493 e. The van der Waals surface area contributed by atoms with E-state index in [1.807, 2.05) is 7.05 Å². The summed E-state index contributed by atoms with van der Waals surface area (Å²) in [4.78, 5) is 0. The fraction of sp³-hybridized carbons (Fsp3) is 1.00. The highest BCUT2D eigenvalue weighted by molar-refractivity contribution is 4.64. The van der Waals surface area contributed by atoms with Gasteiger partial charge in [-0.05, 0) is 44.2 Å². The van der Waals surface area contributed by atoms with Crippen LogP contribution in [0.25, 0.3) is 0 Å². The van der Waals surface area contributed by atoms with Gasteiger partial charge in [-0.25, -0.2) is 0 Å². The number of nitrogens with one attached hydrogen (secondary N) is 1. The molecule has 0 radical (unpaired) electrons. The van der Waals surface area contributed by atoms with Crippen LogP contribution in [0.1, 0.15) is 40.5 Å². The molecule has 1 N–H and O–H groups in total. The van der Waals surface area contributed by atoms with Gasteiger partial charge in [-0.1, -0.05) is 27.7 Å². The molecule has 0 aromatic heterocycles. The quantitative estimate of drug-likeness (QED) is 0.648. The molecule has 0 saturated heterocycles. The predicted octanol–water partition coefficient (Wildman–Crippen LogP) is 2.91. The summed E-state index contributed by atoms with van der Waals surface area (Å²) in [6.07, 6.45) is 2.68. The average Bonchev–Trinajstić information content (AvgIpc) is 1.98. The summed E-state index contributed by atoms with van der Waals surface area (Å²) in [5.74, 6) is 2.58. The number of rotatable bonds is 6. The Morgan fingerprint density at radius 2 is 1.58 bits per heavy atom. The van der Waals surface area contributed by atoms with Crippen LogP contribution < -0.4 is 5.32 Å². The van der Waals surface area contributed by atoms with Crippen molar-refractivity contribution in [3.05, 3.63) is 0 Å². The molecule has 0 heterocycles. The molecular formula is C11H25N. The third kappa shape index (κ3) is 5.59. The van der Waals surface area contributed by atoms with Gasteiger partial charge in [0, 0.05) is 0 Å². The van der Waals surface area contributed by atoms with Crippen LogP contribution in [-0.4, -0.2) is 13.6 Å². The lowest BCUT2D eigenvalue weighted by atomic mass is 9.86. The molecule has 0 aromatic carbocycles. The minimum Gasteiger partial charge on any atom is -0.320 e. The van der Waals surface area contributed by atoms with Crippen molar-refractivity contribution in [2.45, 2.75) is 40.5 Å². The third-order valence-electron chi connectivity index (χ3n) is 2.66. The van der Waals surface area contributed by atoms with Crippen LogP contribution in [0.3, 0.4) is 0 Å². The first-order valence-electron chi connectivity index (χ1n) is 5.22. The topological polar surface area (TPSA) is 12.0 Å². The Kier molecular flexibility index (Phi) is 6.45. The first-order valence-corrected chi connectivity index (χ1v) is 5.22. The van der Waals surface area contributed by atoms with Crippen LogP contribution in [0.5, 0.6) is 0 Å². The van der Waals surface area contributed by atoms with Crippen LogP contribution in [-0.2, 0) is 0 Å². The summed E-state index contributed by atoms with van der Waals surface area (Å²) in [6.45, 7) is 10.5. The second-order valence-corrected chi connectivity index (χ2v) is 4.48. The van der Waals surface area contributed by atoms with Gasteiger partial charge in [0.25, 0.3) is 0 Å². The number of hydrogen-bond donors (Lipinski definition) is 1. The van der Waals surface area contributed by atoms with Crippen molar-refractivity contribution in [1.29, 1.82) is 0 Å². The lowest BCUT2D eigenvalue weighted by Gasteiger charge is -2.21. The summed E-state index contributed by atoms with van der Waals surface area (Å²) >= 11 is 0. The fourth-order valence-corrected chi connectivity index (χ4v) is 1.63. The van der Waals surface area contributed by atoms with E-state index in [2.05, 4.69) is 33.0 Å². The van der Waals surface area contributed by atoms with E-state index in [1.54, 1.807) is 0 Å². The Labute approximate surface area is 77.9 Å². The maximum absolute atomic E-state index is 3.21. The first kappa shape index (κ1) is 12.0. The lowest BCUT2D eigenvalue weighted by Crippen LogP contribution is -2.17. The predicted molar refractivity (Wildman–Crippen MR) is 56.3 cm³/mol. The van der Waals surface area contributed by atoms with Crippen LogP contribution in [0, 0.1) is 17.8 Å². The van der Waals surface area contributed by atoms with Gasteiger partial charge in [-0.3, -0.25) is 0 Å². The maximum Gasteiger partial charge on any atom is -0.00493 e. The fourth-order valence-electron chi connectivity index (χ4n) is 1.63. The van der Waals surface area contributed by atoms with Crippen LogP contribution in [0.4, 0.5) is 0 Å². The van der Waals surface area contributed by atoms with E-state index in [-0.39, 0.29) is 0 Å². The summed E-state index contributed by atoms with van der Waals surface area (Å²) < 4.78 is 0. The molecule has 0 aliphatic carbocycles. The first-order chi connectivity index (χ1) is 5.57. The zero-order chi connectivity index (χ0) is 9.56. The molecule has 74 valence electrons. The molecule has 1 heteroatoms. The van der Waals surface area contributed by atoms with E-state index >= 15 is 0 Å². The molecular weight excluding hydrogens is 146 g/mol. The molecule has 0 saturated carbocycles. The average molecular weight is 171 g/mol. The van der Waals surface area contributed by atoms with Gasteiger partial charge in [0.05, 0.1) is 0 Å². The molecule has 0 aliphatic heterocycles. The molecule has 0 fully saturated rings. The van der Waals surface area contributed by atoms with E-state index in [0.29, 0.717) is 0 Å². The molecule has 0 bridgehead atoms. The molecule has 0 rings (SSSR count). The summed E-state index contributed by atoms with van der Waals surface area (Å²) in [5.41, 5.74) is 0. The van der Waals surface area contributed by atoms with Crippen molar-refractivity contribution in [2.75, 3.05) is 13.6 Å². The third-order valence-corrected chi connectivity index (χ3v) is 2.66. The van der Waals surface area contributed by atoms with Crippen molar-refractivity contribution in [3.8, 4) is 0 Å². The van der Waals surface area contributed by atoms with Gasteiger partial charge in [0.15, 0.2) is 0 Å². The highest BCUT2D eigenvalue weighted by atomic mass is 14.8. The molecule has 12 heavy (non-hydrogen) atoms. The normalized spacial score (nSPS) is 16.5. The summed E-state index contributed by atoms with van der Waals surface area (Å²) in [7, 11) is 2.03. The molecule has 0 aliphatic rings. The van der Waals surface area contributed by atoms with Crippen molar-refractivity contribution >= 4 is 0 Å². The summed E-state index contributed by atoms with van der Waals surface area (Å²) in [6, 6.07) is 0. The van der Waals surface area contributed by atoms with Crippen LogP contribution in [0.2, 0.25) is 0 Å². The van der Waals surface area contributed by atoms with E-state index < -0.39 is 0 Å². The molecule has 1 unspecified atom stereocenters. The Bertz CT molecular complexity index is 99.2. The Hall–Kier alpha value is -0.0400. The van der Waals surface area contributed by atoms with Gasteiger partial charge in [-0.15, -0.1) is 0 Å². The maximum atomic E-state index is 3.21. The molecule has 1 nitrogen and oxygen atoms in total. The highest BCUT2D eigenvalue weighted by Crippen LogP contribution is 2.21. The monoisotopic (exact) mass is 171 g/mol. The van der Waals surface area contributed by atoms with E-state index in [4.69, 9.17) is 0 Å². The number of hydrogen-bond acceptors (Lipinski definition) is 1. The zero-order valence-electron chi connectivity index (χ0n) is 9.35. The standard InChI is InChI=1S/C11H25N/c1-9(2)8-11(4)10(3)6-7-12-5/h9-12H,6-8H2,1-5H3/t10-,11?/m1/s1. The Balaban J connectivity index is 3.53. The van der Waals surface area contributed by atoms with Gasteiger partial charge in [-0.2, -0.15) is 0 Å². The van der Waals surface area contributed by atoms with Crippen molar-refractivity contribution in [1.82, 2.24) is 5.32 Å². The van der Waals surface area contributed by atoms with Crippen molar-refractivity contribution in [3.63, 3.8) is 0 Å². The van der Waals surface area contributed by atoms with Gasteiger partial charge in [0.1, 0.15) is 0 Å². The zero-order valence-corrected chi connectivity index (χ0v) is 9.35. The highest BCUT2D eigenvalue weighted by Gasteiger charge is 2.12. The second kappa shape index (κ2) is 6.47. The van der Waals surface area contributed by atoms with E-state index in [0.717, 1.165) is 24.3 Å². The lowest BCUT2D eigenvalue weighted by molar-refractivity contribution is 0.307. The van der Waals surface area contributed by atoms with Crippen LogP contribution in [0.15, 0.2) is 0 Å². The van der Waals surface area contributed by atoms with Gasteiger partial charge in [0.2, 0.25) is 0 Å². The van der Waals surface area contributed by atoms with Crippen molar-refractivity contribution < 1.29 is 0 Å². The molecule has 0 spiro atoms. The Morgan fingerprint density at radius 1 is 1.00 bits per heavy atom. The SMILES string of the molecule is CNCC[C@@H](C)C(C)CC(C)C. The minimum absolute atomic E-state index is 0.844. The summed E-state index contributed by atoms with van der Waals surface area (Å²) in [5, 5.41) is 3.21. The van der Waals surface area contributed by atoms with E-state index in [9.17, 15) is 0 Å². The molecule has 2 atom stereocenters. The Morgan fingerprint density at radius 3 is 2.00 bits per heavy atom. The minimum atomic E-state index is 0.844. The second-order valence-electron chi connectivity index (χ2n) is 4.48. The van der Waals surface area contributed by atoms with Gasteiger partial charge < -0.3 is 5.32 Å².